The molecule has 1 aliphatic rings. The zero-order valence-electron chi connectivity index (χ0n) is 13.0. The third-order valence-corrected chi connectivity index (χ3v) is 5.25. The first-order valence-corrected chi connectivity index (χ1v) is 8.39. The largest absolute Gasteiger partial charge is 0.390 e. The van der Waals surface area contributed by atoms with Gasteiger partial charge in [0.05, 0.1) is 5.60 Å². The fourth-order valence-corrected chi connectivity index (χ4v) is 3.85. The maximum absolute atomic E-state index is 11.1. The zero-order chi connectivity index (χ0) is 14.7. The maximum atomic E-state index is 11.1. The molecule has 1 nitrogen and oxygen atoms in total. The first kappa shape index (κ1) is 14.6. The maximum Gasteiger partial charge on any atom is 0.0688 e. The topological polar surface area (TPSA) is 20.2 Å². The summed E-state index contributed by atoms with van der Waals surface area (Å²) in [7, 11) is 0. The Bertz CT molecular complexity index is 598. The number of benzene rings is 2. The van der Waals surface area contributed by atoms with Crippen molar-refractivity contribution in [2.45, 2.75) is 57.5 Å². The van der Waals surface area contributed by atoms with Gasteiger partial charge in [0.1, 0.15) is 0 Å². The lowest BCUT2D eigenvalue weighted by molar-refractivity contribution is 0.0245. The third-order valence-electron chi connectivity index (χ3n) is 5.25. The molecule has 2 aromatic rings. The number of hydrogen-bond acceptors (Lipinski definition) is 1. The summed E-state index contributed by atoms with van der Waals surface area (Å²) in [5, 5.41) is 13.7. The average Bonchev–Trinajstić information content (AvgIpc) is 2.69. The van der Waals surface area contributed by atoms with E-state index in [1.54, 1.807) is 0 Å². The lowest BCUT2D eigenvalue weighted by Crippen LogP contribution is -2.30. The lowest BCUT2D eigenvalue weighted by Gasteiger charge is -2.27. The number of fused-ring (bicyclic) bond motifs is 1. The summed E-state index contributed by atoms with van der Waals surface area (Å²) in [5.41, 5.74) is 0.791. The van der Waals surface area contributed by atoms with Gasteiger partial charge in [-0.1, -0.05) is 68.7 Å². The van der Waals surface area contributed by atoms with Crippen molar-refractivity contribution in [3.8, 4) is 0 Å². The van der Waals surface area contributed by atoms with Gasteiger partial charge in [0.2, 0.25) is 0 Å². The van der Waals surface area contributed by atoms with E-state index in [9.17, 15) is 5.11 Å². The third kappa shape index (κ3) is 3.29. The van der Waals surface area contributed by atoms with Crippen LogP contribution in [0.2, 0.25) is 0 Å². The van der Waals surface area contributed by atoms with Crippen LogP contribution < -0.4 is 0 Å². The summed E-state index contributed by atoms with van der Waals surface area (Å²) in [5.74, 6) is 0.812. The minimum absolute atomic E-state index is 0.506. The van der Waals surface area contributed by atoms with Crippen molar-refractivity contribution < 1.29 is 5.11 Å². The van der Waals surface area contributed by atoms with E-state index in [1.165, 1.54) is 42.0 Å². The molecule has 0 aromatic heterocycles. The molecule has 0 amide bonds. The van der Waals surface area contributed by atoms with Gasteiger partial charge in [0.15, 0.2) is 0 Å². The molecule has 1 N–H and O–H groups in total. The molecule has 1 saturated carbocycles. The van der Waals surface area contributed by atoms with Gasteiger partial charge in [-0.3, -0.25) is 0 Å². The van der Waals surface area contributed by atoms with E-state index in [1.807, 2.05) is 0 Å². The van der Waals surface area contributed by atoms with E-state index < -0.39 is 5.60 Å². The minimum Gasteiger partial charge on any atom is -0.390 e. The molecule has 2 aromatic carbocycles. The summed E-state index contributed by atoms with van der Waals surface area (Å²) < 4.78 is 0. The van der Waals surface area contributed by atoms with Crippen LogP contribution in [-0.4, -0.2) is 10.7 Å². The summed E-state index contributed by atoms with van der Waals surface area (Å²) >= 11 is 0. The highest BCUT2D eigenvalue weighted by atomic mass is 16.3. The van der Waals surface area contributed by atoms with Crippen LogP contribution in [0.4, 0.5) is 0 Å². The Hall–Kier alpha value is -1.34. The molecule has 0 saturated heterocycles. The fraction of sp³-hybridized carbons (Fsp3) is 0.500. The van der Waals surface area contributed by atoms with E-state index in [0.717, 1.165) is 25.2 Å². The molecule has 1 fully saturated rings. The monoisotopic (exact) mass is 282 g/mol. The molecule has 112 valence electrons. The summed E-state index contributed by atoms with van der Waals surface area (Å²) in [4.78, 5) is 0. The van der Waals surface area contributed by atoms with Crippen LogP contribution in [0, 0.1) is 5.92 Å². The number of aliphatic hydroxyl groups is 1. The summed E-state index contributed by atoms with van der Waals surface area (Å²) in [6, 6.07) is 15.0. The second-order valence-electron chi connectivity index (χ2n) is 6.74. The number of rotatable bonds is 3. The van der Waals surface area contributed by atoms with Crippen molar-refractivity contribution in [1.29, 1.82) is 0 Å². The van der Waals surface area contributed by atoms with Gasteiger partial charge >= 0.3 is 0 Å². The highest BCUT2D eigenvalue weighted by molar-refractivity contribution is 5.85. The highest BCUT2D eigenvalue weighted by Gasteiger charge is 2.30. The van der Waals surface area contributed by atoms with Crippen molar-refractivity contribution >= 4 is 10.8 Å². The van der Waals surface area contributed by atoms with Crippen molar-refractivity contribution in [2.75, 3.05) is 0 Å². The van der Waals surface area contributed by atoms with Gasteiger partial charge in [-0.25, -0.2) is 0 Å². The molecule has 21 heavy (non-hydrogen) atoms. The molecule has 1 aliphatic carbocycles. The van der Waals surface area contributed by atoms with Gasteiger partial charge < -0.3 is 5.11 Å². The Morgan fingerprint density at radius 3 is 2.71 bits per heavy atom. The van der Waals surface area contributed by atoms with Gasteiger partial charge in [-0.2, -0.15) is 0 Å². The second kappa shape index (κ2) is 6.19. The van der Waals surface area contributed by atoms with Gasteiger partial charge in [0, 0.05) is 6.42 Å². The van der Waals surface area contributed by atoms with Gasteiger partial charge in [-0.05, 0) is 41.5 Å². The van der Waals surface area contributed by atoms with Crippen LogP contribution in [0.3, 0.4) is 0 Å². The van der Waals surface area contributed by atoms with Crippen LogP contribution in [0.5, 0.6) is 0 Å². The van der Waals surface area contributed by atoms with E-state index in [0.29, 0.717) is 0 Å². The first-order valence-electron chi connectivity index (χ1n) is 8.39. The highest BCUT2D eigenvalue weighted by Crippen LogP contribution is 2.35. The smallest absolute Gasteiger partial charge is 0.0688 e. The van der Waals surface area contributed by atoms with E-state index in [2.05, 4.69) is 49.4 Å². The normalized spacial score (nSPS) is 26.7. The van der Waals surface area contributed by atoms with Crippen LogP contribution in [0.25, 0.3) is 10.8 Å². The van der Waals surface area contributed by atoms with Crippen molar-refractivity contribution in [2.24, 2.45) is 5.92 Å². The lowest BCUT2D eigenvalue weighted by atomic mass is 9.85. The van der Waals surface area contributed by atoms with Gasteiger partial charge in [0.25, 0.3) is 0 Å². The van der Waals surface area contributed by atoms with Crippen LogP contribution in [-0.2, 0) is 6.42 Å². The quantitative estimate of drug-likeness (QED) is 0.776. The van der Waals surface area contributed by atoms with E-state index in [4.69, 9.17) is 0 Å². The Kier molecular flexibility index (Phi) is 4.30. The van der Waals surface area contributed by atoms with Crippen molar-refractivity contribution in [3.05, 3.63) is 48.0 Å². The number of hydrogen-bond donors (Lipinski definition) is 1. The SMILES string of the molecule is CCC1CCCC(O)(Cc2cccc3ccccc23)CC1. The van der Waals surface area contributed by atoms with E-state index in [-0.39, 0.29) is 0 Å². The predicted octanol–water partition coefficient (Wildman–Crippen LogP) is 5.10. The molecule has 0 bridgehead atoms. The molecule has 3 rings (SSSR count). The molecule has 2 atom stereocenters. The molecule has 1 heteroatoms. The Morgan fingerprint density at radius 2 is 1.86 bits per heavy atom. The molecule has 2 unspecified atom stereocenters. The molecule has 0 radical (unpaired) electrons. The minimum atomic E-state index is -0.506. The Balaban J connectivity index is 1.84. The first-order chi connectivity index (χ1) is 10.2. The van der Waals surface area contributed by atoms with Crippen molar-refractivity contribution in [3.63, 3.8) is 0 Å². The van der Waals surface area contributed by atoms with Gasteiger partial charge in [-0.15, -0.1) is 0 Å². The molecular weight excluding hydrogens is 256 g/mol. The van der Waals surface area contributed by atoms with Crippen LogP contribution in [0.1, 0.15) is 51.0 Å². The van der Waals surface area contributed by atoms with Crippen LogP contribution in [0.15, 0.2) is 42.5 Å². The standard InChI is InChI=1S/C20H26O/c1-2-16-7-6-13-20(21,14-12-16)15-18-10-5-9-17-8-3-4-11-19(17)18/h3-5,8-11,16,21H,2,6-7,12-15H2,1H3. The molecule has 0 aliphatic heterocycles. The molecular formula is C20H26O. The summed E-state index contributed by atoms with van der Waals surface area (Å²) in [6.07, 6.45) is 7.59. The van der Waals surface area contributed by atoms with Crippen LogP contribution >= 0.6 is 0 Å². The molecule has 0 spiro atoms. The Labute approximate surface area is 128 Å². The van der Waals surface area contributed by atoms with Crippen molar-refractivity contribution in [1.82, 2.24) is 0 Å². The second-order valence-corrected chi connectivity index (χ2v) is 6.74. The predicted molar refractivity (Wildman–Crippen MR) is 89.5 cm³/mol. The Morgan fingerprint density at radius 1 is 1.05 bits per heavy atom. The average molecular weight is 282 g/mol. The zero-order valence-corrected chi connectivity index (χ0v) is 13.0. The van der Waals surface area contributed by atoms with E-state index >= 15 is 0 Å². The summed E-state index contributed by atoms with van der Waals surface area (Å²) in [6.45, 7) is 2.28. The molecule has 0 heterocycles. The fourth-order valence-electron chi connectivity index (χ4n) is 3.85.